The van der Waals surface area contributed by atoms with Gasteiger partial charge in [0.25, 0.3) is 5.91 Å². The third-order valence-electron chi connectivity index (χ3n) is 4.89. The van der Waals surface area contributed by atoms with Crippen molar-refractivity contribution >= 4 is 11.9 Å². The average Bonchev–Trinajstić information content (AvgIpc) is 3.21. The van der Waals surface area contributed by atoms with Gasteiger partial charge in [0.1, 0.15) is 12.1 Å². The Hall–Kier alpha value is -1.92. The molecule has 1 aliphatic heterocycles. The molecule has 1 aromatic heterocycles. The highest BCUT2D eigenvalue weighted by Gasteiger charge is 2.58. The first-order valence-corrected chi connectivity index (χ1v) is 8.80. The molecule has 132 valence electrons. The molecule has 1 saturated carbocycles. The van der Waals surface area contributed by atoms with Gasteiger partial charge < -0.3 is 9.84 Å². The van der Waals surface area contributed by atoms with Crippen LogP contribution in [-0.4, -0.2) is 32.5 Å². The summed E-state index contributed by atoms with van der Waals surface area (Å²) in [5, 5.41) is 6.88. The minimum Gasteiger partial charge on any atom is -0.337 e. The van der Waals surface area contributed by atoms with Crippen LogP contribution in [0.3, 0.4) is 0 Å². The maximum atomic E-state index is 13.0. The summed E-state index contributed by atoms with van der Waals surface area (Å²) in [5.74, 6) is 1.64. The van der Waals surface area contributed by atoms with E-state index in [1.54, 1.807) is 0 Å². The number of carbonyl (C=O) groups is 2. The van der Waals surface area contributed by atoms with Crippen LogP contribution in [0.15, 0.2) is 4.52 Å². The second-order valence-corrected chi connectivity index (χ2v) is 7.70. The lowest BCUT2D eigenvalue weighted by molar-refractivity contribution is -0.133. The molecule has 1 atom stereocenters. The highest BCUT2D eigenvalue weighted by atomic mass is 16.5. The molecule has 1 aliphatic carbocycles. The molecule has 7 heteroatoms. The average molecular weight is 334 g/mol. The quantitative estimate of drug-likeness (QED) is 0.775. The monoisotopic (exact) mass is 334 g/mol. The molecular formula is C17H26N4O3. The maximum absolute atomic E-state index is 13.0. The highest BCUT2D eigenvalue weighted by molar-refractivity contribution is 6.07. The van der Waals surface area contributed by atoms with Crippen LogP contribution in [0.5, 0.6) is 0 Å². The molecule has 3 rings (SSSR count). The van der Waals surface area contributed by atoms with Crippen molar-refractivity contribution in [3.63, 3.8) is 0 Å². The van der Waals surface area contributed by atoms with E-state index in [-0.39, 0.29) is 30.3 Å². The molecule has 1 saturated heterocycles. The van der Waals surface area contributed by atoms with E-state index < -0.39 is 5.54 Å². The zero-order valence-corrected chi connectivity index (χ0v) is 14.8. The van der Waals surface area contributed by atoms with E-state index in [2.05, 4.69) is 29.3 Å². The zero-order valence-electron chi connectivity index (χ0n) is 14.8. The van der Waals surface area contributed by atoms with Gasteiger partial charge in [0.05, 0.1) is 0 Å². The lowest BCUT2D eigenvalue weighted by Gasteiger charge is -2.27. The van der Waals surface area contributed by atoms with Crippen LogP contribution in [0.2, 0.25) is 0 Å². The van der Waals surface area contributed by atoms with E-state index in [0.717, 1.165) is 19.3 Å². The van der Waals surface area contributed by atoms with Gasteiger partial charge in [-0.15, -0.1) is 0 Å². The van der Waals surface area contributed by atoms with Crippen molar-refractivity contribution in [1.82, 2.24) is 20.4 Å². The molecule has 0 unspecified atom stereocenters. The number of imide groups is 1. The van der Waals surface area contributed by atoms with Gasteiger partial charge in [-0.05, 0) is 37.5 Å². The van der Waals surface area contributed by atoms with E-state index in [1.807, 2.05) is 13.8 Å². The number of amides is 3. The van der Waals surface area contributed by atoms with Crippen molar-refractivity contribution in [3.05, 3.63) is 11.7 Å². The van der Waals surface area contributed by atoms with Crippen LogP contribution in [0, 0.1) is 11.8 Å². The Morgan fingerprint density at radius 2 is 2.00 bits per heavy atom. The molecule has 0 spiro atoms. The predicted octanol–water partition coefficient (Wildman–Crippen LogP) is 2.83. The number of urea groups is 1. The Morgan fingerprint density at radius 3 is 2.54 bits per heavy atom. The minimum atomic E-state index is -0.734. The van der Waals surface area contributed by atoms with Crippen molar-refractivity contribution in [3.8, 4) is 0 Å². The first-order chi connectivity index (χ1) is 11.3. The fourth-order valence-corrected chi connectivity index (χ4v) is 3.23. The number of aromatic nitrogens is 2. The molecule has 0 bridgehead atoms. The summed E-state index contributed by atoms with van der Waals surface area (Å²) >= 11 is 0. The molecule has 7 nitrogen and oxygen atoms in total. The van der Waals surface area contributed by atoms with Gasteiger partial charge in [-0.2, -0.15) is 4.98 Å². The molecule has 1 aromatic rings. The van der Waals surface area contributed by atoms with Gasteiger partial charge in [0, 0.05) is 5.92 Å². The Morgan fingerprint density at radius 1 is 1.29 bits per heavy atom. The second kappa shape index (κ2) is 6.18. The number of rotatable bonds is 7. The van der Waals surface area contributed by atoms with Crippen LogP contribution >= 0.6 is 0 Å². The summed E-state index contributed by atoms with van der Waals surface area (Å²) in [6.07, 6.45) is 3.60. The number of nitrogens with one attached hydrogen (secondary N) is 1. The third kappa shape index (κ3) is 3.03. The molecule has 24 heavy (non-hydrogen) atoms. The predicted molar refractivity (Wildman–Crippen MR) is 87.0 cm³/mol. The maximum Gasteiger partial charge on any atom is 0.325 e. The van der Waals surface area contributed by atoms with Crippen LogP contribution in [0.1, 0.15) is 71.0 Å². The van der Waals surface area contributed by atoms with E-state index >= 15 is 0 Å². The Balaban J connectivity index is 1.76. The number of nitrogens with zero attached hydrogens (tertiary/aromatic N) is 3. The van der Waals surface area contributed by atoms with Gasteiger partial charge in [-0.1, -0.05) is 32.9 Å². The summed E-state index contributed by atoms with van der Waals surface area (Å²) < 4.78 is 5.19. The van der Waals surface area contributed by atoms with E-state index in [0.29, 0.717) is 24.1 Å². The first-order valence-electron chi connectivity index (χ1n) is 8.80. The lowest BCUT2D eigenvalue weighted by Crippen LogP contribution is -2.49. The minimum absolute atomic E-state index is 0.0422. The fraction of sp³-hybridized carbons (Fsp3) is 0.765. The van der Waals surface area contributed by atoms with Crippen molar-refractivity contribution in [2.24, 2.45) is 11.8 Å². The van der Waals surface area contributed by atoms with Gasteiger partial charge >= 0.3 is 6.03 Å². The summed E-state index contributed by atoms with van der Waals surface area (Å²) in [6, 6.07) is -0.347. The van der Waals surface area contributed by atoms with Crippen molar-refractivity contribution in [2.75, 3.05) is 0 Å². The molecule has 1 N–H and O–H groups in total. The third-order valence-corrected chi connectivity index (χ3v) is 4.89. The summed E-state index contributed by atoms with van der Waals surface area (Å²) in [5.41, 5.74) is -0.734. The van der Waals surface area contributed by atoms with Gasteiger partial charge in [-0.25, -0.2) is 4.79 Å². The summed E-state index contributed by atoms with van der Waals surface area (Å²) in [4.78, 5) is 31.0. The topological polar surface area (TPSA) is 88.3 Å². The number of hydrogen-bond acceptors (Lipinski definition) is 5. The molecule has 3 amide bonds. The van der Waals surface area contributed by atoms with Crippen molar-refractivity contribution < 1.29 is 14.1 Å². The number of hydrogen-bond donors (Lipinski definition) is 1. The highest BCUT2D eigenvalue weighted by Crippen LogP contribution is 2.46. The molecule has 0 aromatic carbocycles. The molecule has 2 fully saturated rings. The number of carbonyl (C=O) groups excluding carboxylic acids is 2. The summed E-state index contributed by atoms with van der Waals surface area (Å²) in [6.45, 7) is 8.23. The normalized spacial score (nSPS) is 24.3. The molecule has 0 radical (unpaired) electrons. The Kier molecular flexibility index (Phi) is 4.36. The van der Waals surface area contributed by atoms with Crippen LogP contribution in [0.25, 0.3) is 0 Å². The smallest absolute Gasteiger partial charge is 0.325 e. The standard InChI is InChI=1S/C17H26N4O3/c1-10(2)7-8-17(12-5-6-12)15(22)21(16(23)19-17)9-13-18-14(11(3)4)20-24-13/h10-12H,5-9H2,1-4H3,(H,19,23)/t17-/m0/s1. The van der Waals surface area contributed by atoms with Crippen LogP contribution in [-0.2, 0) is 11.3 Å². The molecule has 2 aliphatic rings. The second-order valence-electron chi connectivity index (χ2n) is 7.70. The molecule has 2 heterocycles. The van der Waals surface area contributed by atoms with Crippen molar-refractivity contribution in [2.45, 2.75) is 71.4 Å². The van der Waals surface area contributed by atoms with Gasteiger partial charge in [0.15, 0.2) is 5.82 Å². The lowest BCUT2D eigenvalue weighted by atomic mass is 9.85. The van der Waals surface area contributed by atoms with Gasteiger partial charge in [-0.3, -0.25) is 9.69 Å². The van der Waals surface area contributed by atoms with Gasteiger partial charge in [0.2, 0.25) is 5.89 Å². The van der Waals surface area contributed by atoms with E-state index in [4.69, 9.17) is 4.52 Å². The van der Waals surface area contributed by atoms with Crippen LogP contribution in [0.4, 0.5) is 4.79 Å². The Labute approximate surface area is 142 Å². The SMILES string of the molecule is CC(C)CC[C@@]1(C2CC2)NC(=O)N(Cc2nc(C(C)C)no2)C1=O. The molecular weight excluding hydrogens is 308 g/mol. The van der Waals surface area contributed by atoms with Crippen LogP contribution < -0.4 is 5.32 Å². The Bertz CT molecular complexity index is 636. The first kappa shape index (κ1) is 16.9. The largest absolute Gasteiger partial charge is 0.337 e. The fourth-order valence-electron chi connectivity index (χ4n) is 3.23. The zero-order chi connectivity index (χ0) is 17.5. The van der Waals surface area contributed by atoms with E-state index in [1.165, 1.54) is 4.90 Å². The van der Waals surface area contributed by atoms with E-state index in [9.17, 15) is 9.59 Å². The van der Waals surface area contributed by atoms with Crippen molar-refractivity contribution in [1.29, 1.82) is 0 Å². The summed E-state index contributed by atoms with van der Waals surface area (Å²) in [7, 11) is 0.